The zero-order valence-electron chi connectivity index (χ0n) is 11.6. The molecule has 1 heterocycles. The average Bonchev–Trinajstić information content (AvgIpc) is 2.75. The van der Waals surface area contributed by atoms with Gasteiger partial charge < -0.3 is 4.52 Å². The van der Waals surface area contributed by atoms with Crippen LogP contribution >= 0.6 is 0 Å². The van der Waals surface area contributed by atoms with Gasteiger partial charge in [0.1, 0.15) is 5.76 Å². The Hall–Kier alpha value is -1.42. The van der Waals surface area contributed by atoms with Crippen LogP contribution in [0.2, 0.25) is 0 Å². The molecule has 0 bridgehead atoms. The van der Waals surface area contributed by atoms with Crippen LogP contribution in [0.1, 0.15) is 42.3 Å². The van der Waals surface area contributed by atoms with Gasteiger partial charge in [-0.25, -0.2) is 0 Å². The van der Waals surface area contributed by atoms with E-state index in [0.29, 0.717) is 23.2 Å². The lowest BCUT2D eigenvalue weighted by atomic mass is 10.0. The van der Waals surface area contributed by atoms with Gasteiger partial charge >= 0.3 is 0 Å². The number of nitrogens with zero attached hydrogens (tertiary/aromatic N) is 1. The van der Waals surface area contributed by atoms with E-state index in [9.17, 15) is 4.21 Å². The van der Waals surface area contributed by atoms with Crippen LogP contribution in [0.25, 0.3) is 0 Å². The molecule has 19 heavy (non-hydrogen) atoms. The molecule has 2 rings (SSSR count). The van der Waals surface area contributed by atoms with Crippen molar-refractivity contribution in [3.05, 3.63) is 52.9 Å². The van der Waals surface area contributed by atoms with E-state index >= 15 is 0 Å². The van der Waals surface area contributed by atoms with E-state index in [2.05, 4.69) is 43.3 Å². The van der Waals surface area contributed by atoms with Gasteiger partial charge in [0.15, 0.2) is 0 Å². The van der Waals surface area contributed by atoms with Crippen LogP contribution in [-0.2, 0) is 22.3 Å². The third kappa shape index (κ3) is 4.03. The molecule has 1 unspecified atom stereocenters. The van der Waals surface area contributed by atoms with Crippen LogP contribution in [0.5, 0.6) is 0 Å². The van der Waals surface area contributed by atoms with Gasteiger partial charge in [-0.1, -0.05) is 43.3 Å². The fourth-order valence-electron chi connectivity index (χ4n) is 1.88. The normalized spacial score (nSPS) is 12.8. The van der Waals surface area contributed by atoms with Crippen molar-refractivity contribution in [2.75, 3.05) is 0 Å². The predicted molar refractivity (Wildman–Crippen MR) is 77.3 cm³/mol. The lowest BCUT2D eigenvalue weighted by Crippen LogP contribution is -1.99. The standard InChI is InChI=1S/C15H19NO2S/c1-11(2)14-6-4-13(5-7-14)9-19(17)10-15-8-12(3)16-18-15/h4-8,11H,9-10H2,1-3H3. The van der Waals surface area contributed by atoms with Crippen LogP contribution in [0.4, 0.5) is 0 Å². The quantitative estimate of drug-likeness (QED) is 0.839. The fourth-order valence-corrected chi connectivity index (χ4v) is 3.00. The van der Waals surface area contributed by atoms with Crippen LogP contribution in [0, 0.1) is 6.92 Å². The van der Waals surface area contributed by atoms with E-state index in [4.69, 9.17) is 4.52 Å². The van der Waals surface area contributed by atoms with Gasteiger partial charge in [-0.15, -0.1) is 0 Å². The number of benzene rings is 1. The molecule has 0 amide bonds. The molecule has 3 nitrogen and oxygen atoms in total. The minimum atomic E-state index is -0.960. The summed E-state index contributed by atoms with van der Waals surface area (Å²) >= 11 is 0. The Kier molecular flexibility index (Phi) is 4.53. The molecule has 1 aromatic heterocycles. The first kappa shape index (κ1) is 14.0. The van der Waals surface area contributed by atoms with E-state index in [1.165, 1.54) is 5.56 Å². The molecule has 2 aromatic rings. The smallest absolute Gasteiger partial charge is 0.149 e. The summed E-state index contributed by atoms with van der Waals surface area (Å²) in [6, 6.07) is 10.2. The van der Waals surface area contributed by atoms with Gasteiger partial charge in [-0.05, 0) is 24.0 Å². The highest BCUT2D eigenvalue weighted by Crippen LogP contribution is 2.16. The molecular formula is C15H19NO2S. The minimum absolute atomic E-state index is 0.423. The molecule has 0 aliphatic rings. The lowest BCUT2D eigenvalue weighted by molar-refractivity contribution is 0.390. The van der Waals surface area contributed by atoms with E-state index in [1.54, 1.807) is 0 Å². The van der Waals surface area contributed by atoms with E-state index < -0.39 is 10.8 Å². The van der Waals surface area contributed by atoms with E-state index in [-0.39, 0.29) is 0 Å². The Balaban J connectivity index is 1.95. The summed E-state index contributed by atoms with van der Waals surface area (Å²) in [4.78, 5) is 0. The predicted octanol–water partition coefficient (Wildman–Crippen LogP) is 3.56. The van der Waals surface area contributed by atoms with E-state index in [0.717, 1.165) is 11.3 Å². The Morgan fingerprint density at radius 3 is 2.42 bits per heavy atom. The maximum Gasteiger partial charge on any atom is 0.149 e. The van der Waals surface area contributed by atoms with Gasteiger partial charge in [0.2, 0.25) is 0 Å². The maximum atomic E-state index is 12.0. The molecule has 0 fully saturated rings. The van der Waals surface area contributed by atoms with Crippen molar-refractivity contribution in [2.24, 2.45) is 0 Å². The molecule has 1 atom stereocenters. The summed E-state index contributed by atoms with van der Waals surface area (Å²) in [5, 5.41) is 3.80. The number of hydrogen-bond donors (Lipinski definition) is 0. The molecule has 0 saturated carbocycles. The Morgan fingerprint density at radius 1 is 1.21 bits per heavy atom. The number of aryl methyl sites for hydroxylation is 1. The highest BCUT2D eigenvalue weighted by Gasteiger charge is 2.08. The molecule has 0 saturated heterocycles. The van der Waals surface area contributed by atoms with E-state index in [1.807, 2.05) is 13.0 Å². The van der Waals surface area contributed by atoms with Gasteiger partial charge in [0.05, 0.1) is 11.4 Å². The fraction of sp³-hybridized carbons (Fsp3) is 0.400. The first-order valence-electron chi connectivity index (χ1n) is 6.40. The second kappa shape index (κ2) is 6.15. The first-order valence-corrected chi connectivity index (χ1v) is 7.89. The first-order chi connectivity index (χ1) is 9.04. The molecule has 4 heteroatoms. The summed E-state index contributed by atoms with van der Waals surface area (Å²) in [7, 11) is -0.960. The summed E-state index contributed by atoms with van der Waals surface area (Å²) in [6.45, 7) is 6.19. The van der Waals surface area contributed by atoms with Crippen LogP contribution in [0.15, 0.2) is 34.9 Å². The lowest BCUT2D eigenvalue weighted by Gasteiger charge is -2.06. The molecule has 1 aromatic carbocycles. The molecule has 0 spiro atoms. The van der Waals surface area contributed by atoms with Crippen molar-refractivity contribution < 1.29 is 8.73 Å². The monoisotopic (exact) mass is 277 g/mol. The third-order valence-electron chi connectivity index (χ3n) is 2.95. The Bertz CT molecular complexity index is 558. The SMILES string of the molecule is Cc1cc(CS(=O)Cc2ccc(C(C)C)cc2)on1. The molecule has 0 aliphatic heterocycles. The second-order valence-electron chi connectivity index (χ2n) is 5.06. The van der Waals surface area contributed by atoms with Gasteiger partial charge in [0.25, 0.3) is 0 Å². The number of hydrogen-bond acceptors (Lipinski definition) is 3. The molecule has 0 N–H and O–H groups in total. The largest absolute Gasteiger partial charge is 0.360 e. The van der Waals surface area contributed by atoms with Crippen molar-refractivity contribution in [1.29, 1.82) is 0 Å². The average molecular weight is 277 g/mol. The topological polar surface area (TPSA) is 43.1 Å². The molecule has 0 aliphatic carbocycles. The van der Waals surface area contributed by atoms with Crippen molar-refractivity contribution in [1.82, 2.24) is 5.16 Å². The van der Waals surface area contributed by atoms with Crippen molar-refractivity contribution in [3.63, 3.8) is 0 Å². The maximum absolute atomic E-state index is 12.0. The summed E-state index contributed by atoms with van der Waals surface area (Å²) in [6.07, 6.45) is 0. The summed E-state index contributed by atoms with van der Waals surface area (Å²) in [5.41, 5.74) is 3.23. The van der Waals surface area contributed by atoms with Crippen molar-refractivity contribution in [2.45, 2.75) is 38.2 Å². The van der Waals surface area contributed by atoms with Crippen LogP contribution in [0.3, 0.4) is 0 Å². The molecular weight excluding hydrogens is 258 g/mol. The zero-order chi connectivity index (χ0) is 13.8. The zero-order valence-corrected chi connectivity index (χ0v) is 12.4. The van der Waals surface area contributed by atoms with Gasteiger partial charge in [-0.3, -0.25) is 4.21 Å². The van der Waals surface area contributed by atoms with Crippen molar-refractivity contribution in [3.8, 4) is 0 Å². The number of rotatable bonds is 5. The van der Waals surface area contributed by atoms with Crippen molar-refractivity contribution >= 4 is 10.8 Å². The second-order valence-corrected chi connectivity index (χ2v) is 6.52. The highest BCUT2D eigenvalue weighted by molar-refractivity contribution is 7.83. The number of aromatic nitrogens is 1. The summed E-state index contributed by atoms with van der Waals surface area (Å²) in [5.74, 6) is 2.19. The van der Waals surface area contributed by atoms with Crippen LogP contribution in [-0.4, -0.2) is 9.37 Å². The van der Waals surface area contributed by atoms with Gasteiger partial charge in [-0.2, -0.15) is 0 Å². The van der Waals surface area contributed by atoms with Gasteiger partial charge in [0, 0.05) is 22.6 Å². The van der Waals surface area contributed by atoms with Crippen LogP contribution < -0.4 is 0 Å². The Morgan fingerprint density at radius 2 is 1.89 bits per heavy atom. The minimum Gasteiger partial charge on any atom is -0.360 e. The third-order valence-corrected chi connectivity index (χ3v) is 4.22. The molecule has 0 radical (unpaired) electrons. The highest BCUT2D eigenvalue weighted by atomic mass is 32.2. The molecule has 102 valence electrons. The summed E-state index contributed by atoms with van der Waals surface area (Å²) < 4.78 is 17.1. The Labute approximate surface area is 116 Å².